The van der Waals surface area contributed by atoms with Crippen LogP contribution in [0.3, 0.4) is 0 Å². The molecule has 0 aliphatic heterocycles. The van der Waals surface area contributed by atoms with Crippen LogP contribution < -0.4 is 10.1 Å². The van der Waals surface area contributed by atoms with Gasteiger partial charge in [0.05, 0.1) is 12.2 Å². The number of amides is 1. The summed E-state index contributed by atoms with van der Waals surface area (Å²) < 4.78 is 7.28. The van der Waals surface area contributed by atoms with Gasteiger partial charge in [-0.25, -0.2) is 4.98 Å². The van der Waals surface area contributed by atoms with Crippen LogP contribution in [0.5, 0.6) is 11.5 Å². The quantitative estimate of drug-likeness (QED) is 0.755. The maximum absolute atomic E-state index is 11.9. The Bertz CT molecular complexity index is 886. The topological polar surface area (TPSA) is 75.9 Å². The molecule has 0 fully saturated rings. The number of nitrogens with zero attached hydrogens (tertiary/aromatic N) is 2. The van der Waals surface area contributed by atoms with E-state index in [1.807, 2.05) is 32.0 Å². The van der Waals surface area contributed by atoms with Gasteiger partial charge in [0, 0.05) is 12.4 Å². The molecule has 0 bridgehead atoms. The Morgan fingerprint density at radius 2 is 2.17 bits per heavy atom. The number of imidazole rings is 1. The summed E-state index contributed by atoms with van der Waals surface area (Å²) in [5.41, 5.74) is 3.20. The van der Waals surface area contributed by atoms with Crippen molar-refractivity contribution >= 4 is 11.6 Å². The lowest BCUT2D eigenvalue weighted by atomic mass is 10.1. The number of aromatic nitrogens is 2. The Hall–Kier alpha value is -3.02. The summed E-state index contributed by atoms with van der Waals surface area (Å²) in [7, 11) is 0. The van der Waals surface area contributed by atoms with Crippen LogP contribution in [0, 0.1) is 13.8 Å². The van der Waals surface area contributed by atoms with Gasteiger partial charge < -0.3 is 19.6 Å². The molecule has 6 heteroatoms. The van der Waals surface area contributed by atoms with E-state index in [9.17, 15) is 9.90 Å². The van der Waals surface area contributed by atoms with Crippen LogP contribution >= 0.6 is 0 Å². The van der Waals surface area contributed by atoms with Crippen molar-refractivity contribution < 1.29 is 14.6 Å². The number of pyridine rings is 1. The third-order valence-electron chi connectivity index (χ3n) is 3.68. The summed E-state index contributed by atoms with van der Waals surface area (Å²) in [6.45, 7) is 4.14. The number of benzene rings is 1. The fourth-order valence-electron chi connectivity index (χ4n) is 2.38. The first-order valence-electron chi connectivity index (χ1n) is 7.65. The minimum atomic E-state index is -0.225. The molecule has 6 nitrogen and oxygen atoms in total. The van der Waals surface area contributed by atoms with E-state index in [-0.39, 0.29) is 24.8 Å². The standard InChI is InChI=1S/C18H19N3O3/c1-12-5-6-13(2)16(8-12)24-11-17(23)19-9-14-10-21-7-3-4-15(22)18(21)20-14/h3-8,10,22H,9,11H2,1-2H3,(H,19,23). The van der Waals surface area contributed by atoms with Crippen molar-refractivity contribution in [2.45, 2.75) is 20.4 Å². The number of aryl methyl sites for hydroxylation is 2. The van der Waals surface area contributed by atoms with Gasteiger partial charge in [0.15, 0.2) is 18.0 Å². The summed E-state index contributed by atoms with van der Waals surface area (Å²) in [6, 6.07) is 9.17. The van der Waals surface area contributed by atoms with E-state index in [1.165, 1.54) is 0 Å². The maximum atomic E-state index is 11.9. The first-order valence-corrected chi connectivity index (χ1v) is 7.65. The molecule has 0 spiro atoms. The predicted octanol–water partition coefficient (Wildman–Crippen LogP) is 2.35. The molecule has 3 aromatic rings. The normalized spacial score (nSPS) is 10.8. The minimum absolute atomic E-state index is 0.0527. The van der Waals surface area contributed by atoms with E-state index in [0.29, 0.717) is 17.1 Å². The van der Waals surface area contributed by atoms with Gasteiger partial charge in [0.2, 0.25) is 0 Å². The second-order valence-electron chi connectivity index (χ2n) is 5.69. The molecule has 1 amide bonds. The fourth-order valence-corrected chi connectivity index (χ4v) is 2.38. The molecule has 2 N–H and O–H groups in total. The summed E-state index contributed by atoms with van der Waals surface area (Å²) in [5, 5.41) is 12.5. The highest BCUT2D eigenvalue weighted by Gasteiger charge is 2.08. The number of rotatable bonds is 5. The van der Waals surface area contributed by atoms with Gasteiger partial charge in [0.25, 0.3) is 5.91 Å². The maximum Gasteiger partial charge on any atom is 0.258 e. The zero-order chi connectivity index (χ0) is 17.1. The first-order chi connectivity index (χ1) is 11.5. The number of carbonyl (C=O) groups excluding carboxylic acids is 1. The lowest BCUT2D eigenvalue weighted by Gasteiger charge is -2.09. The molecule has 0 saturated carbocycles. The third kappa shape index (κ3) is 3.48. The largest absolute Gasteiger partial charge is 0.504 e. The van der Waals surface area contributed by atoms with Crippen LogP contribution in [0.1, 0.15) is 16.8 Å². The number of hydrogen-bond acceptors (Lipinski definition) is 4. The molecule has 0 radical (unpaired) electrons. The first kappa shape index (κ1) is 15.9. The van der Waals surface area contributed by atoms with Crippen LogP contribution in [0.15, 0.2) is 42.7 Å². The van der Waals surface area contributed by atoms with Crippen molar-refractivity contribution in [3.05, 3.63) is 59.5 Å². The average Bonchev–Trinajstić information content (AvgIpc) is 2.98. The lowest BCUT2D eigenvalue weighted by molar-refractivity contribution is -0.123. The summed E-state index contributed by atoms with van der Waals surface area (Å²) in [4.78, 5) is 16.2. The molecular formula is C18H19N3O3. The molecule has 0 aliphatic rings. The van der Waals surface area contributed by atoms with Gasteiger partial charge in [0.1, 0.15) is 5.75 Å². The van der Waals surface area contributed by atoms with Gasteiger partial charge >= 0.3 is 0 Å². The van der Waals surface area contributed by atoms with Crippen molar-refractivity contribution in [3.8, 4) is 11.5 Å². The summed E-state index contributed by atoms with van der Waals surface area (Å²) in [5.74, 6) is 0.591. The van der Waals surface area contributed by atoms with Crippen molar-refractivity contribution in [1.29, 1.82) is 0 Å². The second-order valence-corrected chi connectivity index (χ2v) is 5.69. The number of hydrogen-bond donors (Lipinski definition) is 2. The minimum Gasteiger partial charge on any atom is -0.504 e. The molecular weight excluding hydrogens is 306 g/mol. The Balaban J connectivity index is 1.57. The van der Waals surface area contributed by atoms with Crippen molar-refractivity contribution in [1.82, 2.24) is 14.7 Å². The summed E-state index contributed by atoms with van der Waals surface area (Å²) >= 11 is 0. The highest BCUT2D eigenvalue weighted by Crippen LogP contribution is 2.19. The van der Waals surface area contributed by atoms with E-state index in [0.717, 1.165) is 11.1 Å². The number of carbonyl (C=O) groups is 1. The van der Waals surface area contributed by atoms with E-state index in [4.69, 9.17) is 4.74 Å². The van der Waals surface area contributed by atoms with Crippen LogP contribution in [0.2, 0.25) is 0 Å². The third-order valence-corrected chi connectivity index (χ3v) is 3.68. The van der Waals surface area contributed by atoms with Crippen LogP contribution in [-0.2, 0) is 11.3 Å². The molecule has 1 aromatic carbocycles. The average molecular weight is 325 g/mol. The number of ether oxygens (including phenoxy) is 1. The Labute approximate surface area is 139 Å². The Morgan fingerprint density at radius 3 is 2.96 bits per heavy atom. The molecule has 24 heavy (non-hydrogen) atoms. The molecule has 2 heterocycles. The van der Waals surface area contributed by atoms with Gasteiger partial charge in [-0.1, -0.05) is 12.1 Å². The second kappa shape index (κ2) is 6.62. The number of fused-ring (bicyclic) bond motifs is 1. The van der Waals surface area contributed by atoms with Crippen molar-refractivity contribution in [2.24, 2.45) is 0 Å². The van der Waals surface area contributed by atoms with Crippen molar-refractivity contribution in [3.63, 3.8) is 0 Å². The van der Waals surface area contributed by atoms with Crippen molar-refractivity contribution in [2.75, 3.05) is 6.61 Å². The summed E-state index contributed by atoms with van der Waals surface area (Å²) in [6.07, 6.45) is 3.55. The molecule has 124 valence electrons. The zero-order valence-electron chi connectivity index (χ0n) is 13.6. The van der Waals surface area contributed by atoms with Gasteiger partial charge in [-0.2, -0.15) is 0 Å². The molecule has 0 aliphatic carbocycles. The number of aromatic hydroxyl groups is 1. The van der Waals surface area contributed by atoms with E-state index in [2.05, 4.69) is 10.3 Å². The predicted molar refractivity (Wildman–Crippen MR) is 90.1 cm³/mol. The molecule has 0 saturated heterocycles. The van der Waals surface area contributed by atoms with Gasteiger partial charge in [-0.05, 0) is 43.2 Å². The lowest BCUT2D eigenvalue weighted by Crippen LogP contribution is -2.28. The van der Waals surface area contributed by atoms with E-state index < -0.39 is 0 Å². The fraction of sp³-hybridized carbons (Fsp3) is 0.222. The van der Waals surface area contributed by atoms with Gasteiger partial charge in [-0.15, -0.1) is 0 Å². The number of nitrogens with one attached hydrogen (secondary N) is 1. The Kier molecular flexibility index (Phi) is 4.37. The monoisotopic (exact) mass is 325 g/mol. The van der Waals surface area contributed by atoms with Crippen LogP contribution in [0.25, 0.3) is 5.65 Å². The smallest absolute Gasteiger partial charge is 0.258 e. The zero-order valence-corrected chi connectivity index (χ0v) is 13.6. The highest BCUT2D eigenvalue weighted by atomic mass is 16.5. The molecule has 2 aromatic heterocycles. The Morgan fingerprint density at radius 1 is 1.33 bits per heavy atom. The van der Waals surface area contributed by atoms with Crippen LogP contribution in [-0.4, -0.2) is 27.0 Å². The van der Waals surface area contributed by atoms with Crippen LogP contribution in [0.4, 0.5) is 0 Å². The molecule has 0 unspecified atom stereocenters. The highest BCUT2D eigenvalue weighted by molar-refractivity contribution is 5.77. The SMILES string of the molecule is Cc1ccc(C)c(OCC(=O)NCc2cn3cccc(O)c3n2)c1. The molecule has 0 atom stereocenters. The van der Waals surface area contributed by atoms with E-state index in [1.54, 1.807) is 28.9 Å². The molecule has 3 rings (SSSR count). The van der Waals surface area contributed by atoms with Gasteiger partial charge in [-0.3, -0.25) is 4.79 Å². The van der Waals surface area contributed by atoms with E-state index >= 15 is 0 Å².